The number of aliphatic carboxylic acids is 1. The standard InChI is InChI=1S/C15H19N3O3/c1-18-6-4-13(5-7-18)17-15(21)12-8-11(9-16-10-12)2-3-14(19)20/h2-3,8-10,13H,4-7H2,1H3,(H,17,21)(H,19,20). The number of pyridine rings is 1. The third-order valence-electron chi connectivity index (χ3n) is 3.49. The Balaban J connectivity index is 1.99. The van der Waals surface area contributed by atoms with E-state index in [1.54, 1.807) is 6.07 Å². The minimum atomic E-state index is -1.03. The molecule has 2 heterocycles. The molecule has 1 amide bonds. The molecule has 0 aromatic carbocycles. The van der Waals surface area contributed by atoms with E-state index in [4.69, 9.17) is 5.11 Å². The van der Waals surface area contributed by atoms with Crippen molar-refractivity contribution >= 4 is 18.0 Å². The van der Waals surface area contributed by atoms with Gasteiger partial charge in [-0.15, -0.1) is 0 Å². The molecule has 0 bridgehead atoms. The number of hydrogen-bond acceptors (Lipinski definition) is 4. The first-order valence-corrected chi connectivity index (χ1v) is 6.90. The minimum Gasteiger partial charge on any atom is -0.478 e. The highest BCUT2D eigenvalue weighted by atomic mass is 16.4. The van der Waals surface area contributed by atoms with Gasteiger partial charge in [0.05, 0.1) is 5.56 Å². The summed E-state index contributed by atoms with van der Waals surface area (Å²) < 4.78 is 0. The number of carbonyl (C=O) groups is 2. The second-order valence-corrected chi connectivity index (χ2v) is 5.23. The van der Waals surface area contributed by atoms with Crippen LogP contribution in [0.25, 0.3) is 6.08 Å². The molecule has 112 valence electrons. The van der Waals surface area contributed by atoms with Gasteiger partial charge in [0.15, 0.2) is 0 Å². The molecule has 0 saturated carbocycles. The number of piperidine rings is 1. The van der Waals surface area contributed by atoms with Crippen LogP contribution in [-0.4, -0.2) is 53.0 Å². The summed E-state index contributed by atoms with van der Waals surface area (Å²) in [6.07, 6.45) is 7.33. The molecule has 0 aliphatic carbocycles. The van der Waals surface area contributed by atoms with Crippen molar-refractivity contribution in [3.05, 3.63) is 35.7 Å². The van der Waals surface area contributed by atoms with Crippen LogP contribution in [0.1, 0.15) is 28.8 Å². The van der Waals surface area contributed by atoms with Gasteiger partial charge >= 0.3 is 5.97 Å². The smallest absolute Gasteiger partial charge is 0.328 e. The van der Waals surface area contributed by atoms with Gasteiger partial charge in [-0.05, 0) is 50.7 Å². The van der Waals surface area contributed by atoms with Gasteiger partial charge in [-0.3, -0.25) is 9.78 Å². The lowest BCUT2D eigenvalue weighted by atomic mass is 10.0. The average molecular weight is 289 g/mol. The van der Waals surface area contributed by atoms with Crippen LogP contribution in [0, 0.1) is 0 Å². The molecule has 0 radical (unpaired) electrons. The van der Waals surface area contributed by atoms with Crippen LogP contribution in [-0.2, 0) is 4.79 Å². The van der Waals surface area contributed by atoms with E-state index in [2.05, 4.69) is 22.2 Å². The number of hydrogen-bond donors (Lipinski definition) is 2. The Morgan fingerprint density at radius 1 is 1.38 bits per heavy atom. The highest BCUT2D eigenvalue weighted by Crippen LogP contribution is 2.10. The van der Waals surface area contributed by atoms with Gasteiger partial charge in [0.25, 0.3) is 5.91 Å². The Bertz CT molecular complexity index is 549. The van der Waals surface area contributed by atoms with E-state index in [9.17, 15) is 9.59 Å². The number of nitrogens with one attached hydrogen (secondary N) is 1. The van der Waals surface area contributed by atoms with E-state index in [1.807, 2.05) is 0 Å². The first kappa shape index (κ1) is 15.2. The molecule has 1 fully saturated rings. The molecule has 0 unspecified atom stereocenters. The Morgan fingerprint density at radius 2 is 2.10 bits per heavy atom. The Hall–Kier alpha value is -2.21. The molecule has 2 rings (SSSR count). The van der Waals surface area contributed by atoms with Crippen molar-refractivity contribution in [3.8, 4) is 0 Å². The molecular formula is C15H19N3O3. The lowest BCUT2D eigenvalue weighted by Gasteiger charge is -2.29. The summed E-state index contributed by atoms with van der Waals surface area (Å²) in [5.41, 5.74) is 1.04. The molecule has 6 nitrogen and oxygen atoms in total. The maximum Gasteiger partial charge on any atom is 0.328 e. The predicted molar refractivity (Wildman–Crippen MR) is 78.9 cm³/mol. The number of nitrogens with zero attached hydrogens (tertiary/aromatic N) is 2. The highest BCUT2D eigenvalue weighted by molar-refractivity contribution is 5.95. The van der Waals surface area contributed by atoms with Gasteiger partial charge in [0, 0.05) is 24.5 Å². The number of amides is 1. The van der Waals surface area contributed by atoms with Crippen LogP contribution in [0.3, 0.4) is 0 Å². The summed E-state index contributed by atoms with van der Waals surface area (Å²) in [6, 6.07) is 1.82. The van der Waals surface area contributed by atoms with Gasteiger partial charge in [-0.25, -0.2) is 4.79 Å². The average Bonchev–Trinajstić information content (AvgIpc) is 2.48. The zero-order valence-corrected chi connectivity index (χ0v) is 12.0. The third-order valence-corrected chi connectivity index (χ3v) is 3.49. The van der Waals surface area contributed by atoms with Crippen molar-refractivity contribution in [2.45, 2.75) is 18.9 Å². The minimum absolute atomic E-state index is 0.164. The maximum atomic E-state index is 12.2. The number of aromatic nitrogens is 1. The van der Waals surface area contributed by atoms with E-state index in [1.165, 1.54) is 18.5 Å². The first-order valence-electron chi connectivity index (χ1n) is 6.90. The fourth-order valence-electron chi connectivity index (χ4n) is 2.26. The molecule has 1 aromatic rings. The summed E-state index contributed by atoms with van der Waals surface area (Å²) in [6.45, 7) is 1.95. The van der Waals surface area contributed by atoms with Crippen molar-refractivity contribution < 1.29 is 14.7 Å². The van der Waals surface area contributed by atoms with Crippen LogP contribution in [0.5, 0.6) is 0 Å². The van der Waals surface area contributed by atoms with Crippen molar-refractivity contribution in [1.82, 2.24) is 15.2 Å². The zero-order valence-electron chi connectivity index (χ0n) is 12.0. The number of likely N-dealkylation sites (tertiary alicyclic amines) is 1. The van der Waals surface area contributed by atoms with Gasteiger partial charge in [-0.2, -0.15) is 0 Å². The topological polar surface area (TPSA) is 82.5 Å². The molecule has 1 aliphatic rings. The number of carboxylic acids is 1. The SMILES string of the molecule is CN1CCC(NC(=O)c2cncc(C=CC(=O)O)c2)CC1. The van der Waals surface area contributed by atoms with Crippen molar-refractivity contribution in [2.75, 3.05) is 20.1 Å². The molecule has 1 aliphatic heterocycles. The Labute approximate surface area is 123 Å². The zero-order chi connectivity index (χ0) is 15.2. The summed E-state index contributed by atoms with van der Waals surface area (Å²) in [7, 11) is 2.07. The maximum absolute atomic E-state index is 12.2. The second-order valence-electron chi connectivity index (χ2n) is 5.23. The lowest BCUT2D eigenvalue weighted by Crippen LogP contribution is -2.43. The fraction of sp³-hybridized carbons (Fsp3) is 0.400. The molecule has 21 heavy (non-hydrogen) atoms. The van der Waals surface area contributed by atoms with Crippen LogP contribution in [0.4, 0.5) is 0 Å². The molecule has 0 spiro atoms. The van der Waals surface area contributed by atoms with E-state index in [0.717, 1.165) is 32.0 Å². The third kappa shape index (κ3) is 4.68. The van der Waals surface area contributed by atoms with Gasteiger partial charge in [0.2, 0.25) is 0 Å². The monoisotopic (exact) mass is 289 g/mol. The summed E-state index contributed by atoms with van der Waals surface area (Å²) in [5, 5.41) is 11.6. The van der Waals surface area contributed by atoms with E-state index < -0.39 is 5.97 Å². The molecule has 1 aromatic heterocycles. The van der Waals surface area contributed by atoms with Crippen molar-refractivity contribution in [1.29, 1.82) is 0 Å². The van der Waals surface area contributed by atoms with Crippen LogP contribution >= 0.6 is 0 Å². The number of carboxylic acid groups (broad SMARTS) is 1. The summed E-state index contributed by atoms with van der Waals surface area (Å²) >= 11 is 0. The molecule has 0 atom stereocenters. The highest BCUT2D eigenvalue weighted by Gasteiger charge is 2.19. The lowest BCUT2D eigenvalue weighted by molar-refractivity contribution is -0.131. The molecule has 1 saturated heterocycles. The summed E-state index contributed by atoms with van der Waals surface area (Å²) in [4.78, 5) is 28.9. The molecule has 2 N–H and O–H groups in total. The normalized spacial score (nSPS) is 17.0. The number of carbonyl (C=O) groups excluding carboxylic acids is 1. The van der Waals surface area contributed by atoms with Crippen LogP contribution in [0.15, 0.2) is 24.5 Å². The second kappa shape index (κ2) is 6.99. The van der Waals surface area contributed by atoms with E-state index in [-0.39, 0.29) is 11.9 Å². The van der Waals surface area contributed by atoms with Crippen LogP contribution in [0.2, 0.25) is 0 Å². The fourth-order valence-corrected chi connectivity index (χ4v) is 2.26. The Morgan fingerprint density at radius 3 is 2.76 bits per heavy atom. The predicted octanol–water partition coefficient (Wildman–Crippen LogP) is 1.00. The van der Waals surface area contributed by atoms with E-state index >= 15 is 0 Å². The van der Waals surface area contributed by atoms with Crippen LogP contribution < -0.4 is 5.32 Å². The van der Waals surface area contributed by atoms with Gasteiger partial charge in [-0.1, -0.05) is 0 Å². The molecular weight excluding hydrogens is 270 g/mol. The van der Waals surface area contributed by atoms with Crippen molar-refractivity contribution in [3.63, 3.8) is 0 Å². The molecule has 6 heteroatoms. The first-order chi connectivity index (χ1) is 10.0. The largest absolute Gasteiger partial charge is 0.478 e. The quantitative estimate of drug-likeness (QED) is 0.808. The van der Waals surface area contributed by atoms with Crippen molar-refractivity contribution in [2.24, 2.45) is 0 Å². The van der Waals surface area contributed by atoms with Gasteiger partial charge in [0.1, 0.15) is 0 Å². The summed E-state index contributed by atoms with van der Waals surface area (Å²) in [5.74, 6) is -1.20. The Kier molecular flexibility index (Phi) is 5.05. The van der Waals surface area contributed by atoms with Gasteiger partial charge < -0.3 is 15.3 Å². The number of rotatable bonds is 4. The van der Waals surface area contributed by atoms with E-state index in [0.29, 0.717) is 11.1 Å².